The van der Waals surface area contributed by atoms with Crippen LogP contribution in [0.4, 0.5) is 5.69 Å². The van der Waals surface area contributed by atoms with Gasteiger partial charge in [0.15, 0.2) is 5.96 Å². The van der Waals surface area contributed by atoms with Gasteiger partial charge in [0.05, 0.1) is 6.54 Å². The molecule has 1 unspecified atom stereocenters. The van der Waals surface area contributed by atoms with Crippen molar-refractivity contribution < 1.29 is 4.79 Å². The number of likely N-dealkylation sites (tertiary alicyclic amines) is 1. The number of piperidine rings is 2. The van der Waals surface area contributed by atoms with E-state index in [1.807, 2.05) is 18.2 Å². The third-order valence-corrected chi connectivity index (χ3v) is 4.47. The van der Waals surface area contributed by atoms with Crippen LogP contribution in [-0.4, -0.2) is 42.4 Å². The van der Waals surface area contributed by atoms with Crippen LogP contribution in [0.15, 0.2) is 35.3 Å². The number of anilines is 1. The topological polar surface area (TPSA) is 56.7 Å². The smallest absolute Gasteiger partial charge is 0.220 e. The summed E-state index contributed by atoms with van der Waals surface area (Å²) in [7, 11) is 0. The number of nitrogens with one attached hydrogen (secondary N) is 2. The molecule has 2 saturated heterocycles. The van der Waals surface area contributed by atoms with Gasteiger partial charge in [0.25, 0.3) is 0 Å². The summed E-state index contributed by atoms with van der Waals surface area (Å²) in [5.41, 5.74) is 1.06. The fourth-order valence-electron chi connectivity index (χ4n) is 3.19. The lowest BCUT2D eigenvalue weighted by Gasteiger charge is -2.31. The van der Waals surface area contributed by atoms with E-state index < -0.39 is 0 Å². The molecule has 2 N–H and O–H groups in total. The highest BCUT2D eigenvalue weighted by atomic mass is 16.1. The molecule has 5 heteroatoms. The molecule has 2 aliphatic rings. The molecular formula is C18H26N4O. The minimum atomic E-state index is 0.159. The van der Waals surface area contributed by atoms with Crippen LogP contribution in [0.1, 0.15) is 38.5 Å². The molecule has 124 valence electrons. The van der Waals surface area contributed by atoms with Crippen LogP contribution in [0.3, 0.4) is 0 Å². The van der Waals surface area contributed by atoms with Crippen LogP contribution in [0.5, 0.6) is 0 Å². The first-order chi connectivity index (χ1) is 11.3. The molecule has 5 nitrogen and oxygen atoms in total. The van der Waals surface area contributed by atoms with E-state index in [4.69, 9.17) is 4.99 Å². The van der Waals surface area contributed by atoms with Crippen LogP contribution < -0.4 is 10.6 Å². The Morgan fingerprint density at radius 1 is 1.17 bits per heavy atom. The first kappa shape index (κ1) is 15.8. The standard InChI is InChI=1S/C18H26N4O/c23-17-11-7-10-16(20-17)14-19-18(22-12-5-2-6-13-22)21-15-8-3-1-4-9-15/h1,3-4,8-9,16H,2,5-7,10-14H2,(H,19,21)(H,20,23). The van der Waals surface area contributed by atoms with Crippen molar-refractivity contribution >= 4 is 17.6 Å². The molecule has 1 atom stereocenters. The maximum absolute atomic E-state index is 11.5. The zero-order chi connectivity index (χ0) is 15.9. The Morgan fingerprint density at radius 3 is 2.70 bits per heavy atom. The fraction of sp³-hybridized carbons (Fsp3) is 0.556. The quantitative estimate of drug-likeness (QED) is 0.666. The van der Waals surface area contributed by atoms with Crippen LogP contribution in [-0.2, 0) is 4.79 Å². The van der Waals surface area contributed by atoms with E-state index in [9.17, 15) is 4.79 Å². The first-order valence-electron chi connectivity index (χ1n) is 8.72. The molecule has 0 aromatic heterocycles. The van der Waals surface area contributed by atoms with Crippen molar-refractivity contribution in [3.05, 3.63) is 30.3 Å². The minimum Gasteiger partial charge on any atom is -0.352 e. The van der Waals surface area contributed by atoms with E-state index in [-0.39, 0.29) is 11.9 Å². The number of carbonyl (C=O) groups is 1. The van der Waals surface area contributed by atoms with Gasteiger partial charge in [0.2, 0.25) is 5.91 Å². The SMILES string of the molecule is O=C1CCCC(CN=C(Nc2ccccc2)N2CCCCC2)N1. The summed E-state index contributed by atoms with van der Waals surface area (Å²) in [4.78, 5) is 18.7. The molecule has 1 aromatic carbocycles. The number of aliphatic imine (C=N–C) groups is 1. The molecule has 0 saturated carbocycles. The molecule has 3 rings (SSSR count). The molecule has 0 spiro atoms. The number of nitrogens with zero attached hydrogens (tertiary/aromatic N) is 2. The van der Waals surface area contributed by atoms with E-state index in [2.05, 4.69) is 27.7 Å². The lowest BCUT2D eigenvalue weighted by atomic mass is 10.0. The maximum atomic E-state index is 11.5. The average molecular weight is 314 g/mol. The molecule has 0 bridgehead atoms. The molecule has 2 fully saturated rings. The van der Waals surface area contributed by atoms with Gasteiger partial charge in [-0.3, -0.25) is 9.79 Å². The molecule has 2 aliphatic heterocycles. The molecular weight excluding hydrogens is 288 g/mol. The summed E-state index contributed by atoms with van der Waals surface area (Å²) in [6.07, 6.45) is 6.38. The van der Waals surface area contributed by atoms with Crippen molar-refractivity contribution in [2.24, 2.45) is 4.99 Å². The van der Waals surface area contributed by atoms with Gasteiger partial charge in [-0.25, -0.2) is 0 Å². The van der Waals surface area contributed by atoms with Gasteiger partial charge in [-0.05, 0) is 44.2 Å². The Labute approximate surface area is 138 Å². The van der Waals surface area contributed by atoms with Gasteiger partial charge < -0.3 is 15.5 Å². The summed E-state index contributed by atoms with van der Waals surface area (Å²) in [5, 5.41) is 6.51. The Kier molecular flexibility index (Phi) is 5.51. The normalized spacial score (nSPS) is 22.6. The van der Waals surface area contributed by atoms with Gasteiger partial charge in [0, 0.05) is 31.2 Å². The Balaban J connectivity index is 1.68. The molecule has 1 amide bonds. The fourth-order valence-corrected chi connectivity index (χ4v) is 3.19. The number of para-hydroxylation sites is 1. The number of hydrogen-bond acceptors (Lipinski definition) is 2. The predicted molar refractivity (Wildman–Crippen MR) is 93.6 cm³/mol. The van der Waals surface area contributed by atoms with Crippen molar-refractivity contribution in [2.75, 3.05) is 25.0 Å². The first-order valence-corrected chi connectivity index (χ1v) is 8.72. The molecule has 1 aromatic rings. The second kappa shape index (κ2) is 7.99. The number of guanidine groups is 1. The Hall–Kier alpha value is -2.04. The van der Waals surface area contributed by atoms with E-state index >= 15 is 0 Å². The number of rotatable bonds is 3. The highest BCUT2D eigenvalue weighted by Crippen LogP contribution is 2.14. The van der Waals surface area contributed by atoms with E-state index in [1.54, 1.807) is 0 Å². The summed E-state index contributed by atoms with van der Waals surface area (Å²) in [6.45, 7) is 2.75. The number of carbonyl (C=O) groups excluding carboxylic acids is 1. The van der Waals surface area contributed by atoms with Crippen molar-refractivity contribution in [2.45, 2.75) is 44.6 Å². The van der Waals surface area contributed by atoms with Gasteiger partial charge >= 0.3 is 0 Å². The lowest BCUT2D eigenvalue weighted by molar-refractivity contribution is -0.123. The molecule has 2 heterocycles. The summed E-state index contributed by atoms with van der Waals surface area (Å²) < 4.78 is 0. The summed E-state index contributed by atoms with van der Waals surface area (Å²) in [5.74, 6) is 1.10. The van der Waals surface area contributed by atoms with E-state index in [0.29, 0.717) is 13.0 Å². The second-order valence-electron chi connectivity index (χ2n) is 6.36. The zero-order valence-corrected chi connectivity index (χ0v) is 13.6. The van der Waals surface area contributed by atoms with Crippen molar-refractivity contribution in [3.8, 4) is 0 Å². The third-order valence-electron chi connectivity index (χ3n) is 4.47. The Morgan fingerprint density at radius 2 is 1.96 bits per heavy atom. The van der Waals surface area contributed by atoms with Gasteiger partial charge in [-0.2, -0.15) is 0 Å². The predicted octanol–water partition coefficient (Wildman–Crippen LogP) is 2.61. The largest absolute Gasteiger partial charge is 0.352 e. The highest BCUT2D eigenvalue weighted by molar-refractivity contribution is 5.93. The molecule has 23 heavy (non-hydrogen) atoms. The number of benzene rings is 1. The van der Waals surface area contributed by atoms with Crippen molar-refractivity contribution in [1.29, 1.82) is 0 Å². The molecule has 0 radical (unpaired) electrons. The van der Waals surface area contributed by atoms with Crippen LogP contribution in [0.2, 0.25) is 0 Å². The average Bonchev–Trinajstić information content (AvgIpc) is 2.60. The monoisotopic (exact) mass is 314 g/mol. The minimum absolute atomic E-state index is 0.159. The van der Waals surface area contributed by atoms with E-state index in [0.717, 1.165) is 37.6 Å². The highest BCUT2D eigenvalue weighted by Gasteiger charge is 2.19. The number of amides is 1. The van der Waals surface area contributed by atoms with Crippen molar-refractivity contribution in [3.63, 3.8) is 0 Å². The van der Waals surface area contributed by atoms with Gasteiger partial charge in [-0.1, -0.05) is 18.2 Å². The lowest BCUT2D eigenvalue weighted by Crippen LogP contribution is -2.43. The Bertz CT molecular complexity index is 537. The number of hydrogen-bond donors (Lipinski definition) is 2. The summed E-state index contributed by atoms with van der Waals surface area (Å²) >= 11 is 0. The van der Waals surface area contributed by atoms with Crippen LogP contribution in [0, 0.1) is 0 Å². The summed E-state index contributed by atoms with van der Waals surface area (Å²) in [6, 6.07) is 10.4. The van der Waals surface area contributed by atoms with Crippen LogP contribution >= 0.6 is 0 Å². The van der Waals surface area contributed by atoms with Crippen molar-refractivity contribution in [1.82, 2.24) is 10.2 Å². The van der Waals surface area contributed by atoms with Gasteiger partial charge in [0.1, 0.15) is 0 Å². The third kappa shape index (κ3) is 4.71. The maximum Gasteiger partial charge on any atom is 0.220 e. The second-order valence-corrected chi connectivity index (χ2v) is 6.36. The van der Waals surface area contributed by atoms with Crippen LogP contribution in [0.25, 0.3) is 0 Å². The van der Waals surface area contributed by atoms with E-state index in [1.165, 1.54) is 19.3 Å². The van der Waals surface area contributed by atoms with Gasteiger partial charge in [-0.15, -0.1) is 0 Å². The zero-order valence-electron chi connectivity index (χ0n) is 13.6. The molecule has 0 aliphatic carbocycles.